The average molecular weight is 375 g/mol. The third kappa shape index (κ3) is 4.50. The molecule has 1 atom stereocenters. The van der Waals surface area contributed by atoms with Gasteiger partial charge in [-0.15, -0.1) is 0 Å². The van der Waals surface area contributed by atoms with Gasteiger partial charge in [0.2, 0.25) is 0 Å². The Balaban J connectivity index is 2.17. The third-order valence-electron chi connectivity index (χ3n) is 3.32. The van der Waals surface area contributed by atoms with Crippen LogP contribution in [-0.4, -0.2) is 13.1 Å². The van der Waals surface area contributed by atoms with E-state index in [1.165, 1.54) is 18.2 Å². The normalized spacial score (nSPS) is 12.4. The Hall–Kier alpha value is -0.970. The minimum Gasteiger partial charge on any atom is -0.316 e. The maximum atomic E-state index is 13.8. The minimum atomic E-state index is -0.317. The van der Waals surface area contributed by atoms with Crippen molar-refractivity contribution in [3.8, 4) is 0 Å². The van der Waals surface area contributed by atoms with Crippen molar-refractivity contribution in [2.24, 2.45) is 0 Å². The first-order chi connectivity index (χ1) is 9.99. The predicted molar refractivity (Wildman–Crippen MR) is 85.8 cm³/mol. The molecule has 1 N–H and O–H groups in total. The van der Waals surface area contributed by atoms with Crippen molar-refractivity contribution in [2.45, 2.75) is 18.9 Å². The Kier molecular flexibility index (Phi) is 5.73. The molecule has 2 aromatic carbocycles. The van der Waals surface area contributed by atoms with Crippen molar-refractivity contribution >= 4 is 27.5 Å². The fraction of sp³-hybridized carbons (Fsp3) is 0.250. The first-order valence-corrected chi connectivity index (χ1v) is 7.72. The van der Waals surface area contributed by atoms with Crippen LogP contribution in [0, 0.1) is 11.6 Å². The van der Waals surface area contributed by atoms with Crippen LogP contribution in [0.15, 0.2) is 40.9 Å². The Morgan fingerprint density at radius 2 is 1.95 bits per heavy atom. The molecule has 112 valence electrons. The van der Waals surface area contributed by atoms with E-state index in [-0.39, 0.29) is 17.7 Å². The van der Waals surface area contributed by atoms with Crippen LogP contribution in [0.2, 0.25) is 5.02 Å². The number of hydrogen-bond donors (Lipinski definition) is 1. The van der Waals surface area contributed by atoms with E-state index in [0.717, 1.165) is 5.56 Å². The second kappa shape index (κ2) is 7.34. The summed E-state index contributed by atoms with van der Waals surface area (Å²) in [6.45, 7) is 0. The van der Waals surface area contributed by atoms with Crippen LogP contribution < -0.4 is 5.32 Å². The molecule has 0 saturated heterocycles. The summed E-state index contributed by atoms with van der Waals surface area (Å²) in [7, 11) is 1.80. The molecular weight excluding hydrogens is 360 g/mol. The van der Waals surface area contributed by atoms with Crippen molar-refractivity contribution in [3.05, 3.63) is 68.7 Å². The molecule has 0 saturated carbocycles. The van der Waals surface area contributed by atoms with Gasteiger partial charge in [-0.2, -0.15) is 0 Å². The molecule has 21 heavy (non-hydrogen) atoms. The maximum absolute atomic E-state index is 13.8. The monoisotopic (exact) mass is 373 g/mol. The quantitative estimate of drug-likeness (QED) is 0.796. The van der Waals surface area contributed by atoms with Gasteiger partial charge < -0.3 is 5.32 Å². The van der Waals surface area contributed by atoms with Gasteiger partial charge in [0.1, 0.15) is 11.6 Å². The topological polar surface area (TPSA) is 12.0 Å². The molecule has 0 spiro atoms. The van der Waals surface area contributed by atoms with Gasteiger partial charge in [-0.25, -0.2) is 8.78 Å². The van der Waals surface area contributed by atoms with E-state index >= 15 is 0 Å². The molecule has 5 heteroatoms. The maximum Gasteiger partial charge on any atom is 0.127 e. The number of rotatable bonds is 5. The standard InChI is InChI=1S/C16H15BrClF2N/c1-21-13(7-10-5-11(17)8-12(19)6-10)9-14-15(18)3-2-4-16(14)20/h2-6,8,13,21H,7,9H2,1H3. The lowest BCUT2D eigenvalue weighted by Gasteiger charge is -2.18. The lowest BCUT2D eigenvalue weighted by Crippen LogP contribution is -2.30. The van der Waals surface area contributed by atoms with Crippen LogP contribution in [0.25, 0.3) is 0 Å². The van der Waals surface area contributed by atoms with E-state index in [1.807, 2.05) is 6.07 Å². The zero-order valence-corrected chi connectivity index (χ0v) is 13.8. The first kappa shape index (κ1) is 16.4. The molecule has 0 fully saturated rings. The van der Waals surface area contributed by atoms with E-state index in [4.69, 9.17) is 11.6 Å². The fourth-order valence-electron chi connectivity index (χ4n) is 2.26. The zero-order chi connectivity index (χ0) is 15.4. The van der Waals surface area contributed by atoms with Crippen LogP contribution in [0.3, 0.4) is 0 Å². The van der Waals surface area contributed by atoms with Crippen LogP contribution in [0.1, 0.15) is 11.1 Å². The summed E-state index contributed by atoms with van der Waals surface area (Å²) in [5.74, 6) is -0.610. The Morgan fingerprint density at radius 1 is 1.19 bits per heavy atom. The predicted octanol–water partition coefficient (Wildman–Crippen LogP) is 4.75. The Bertz CT molecular complexity index is 593. The molecule has 1 unspecified atom stereocenters. The smallest absolute Gasteiger partial charge is 0.127 e. The highest BCUT2D eigenvalue weighted by Crippen LogP contribution is 2.22. The van der Waals surface area contributed by atoms with Crippen LogP contribution in [0.5, 0.6) is 0 Å². The molecule has 2 aromatic rings. The highest BCUT2D eigenvalue weighted by atomic mass is 79.9. The SMILES string of the molecule is CNC(Cc1cc(F)cc(Br)c1)Cc1c(F)cccc1Cl. The molecule has 0 aromatic heterocycles. The second-order valence-corrected chi connectivity index (χ2v) is 6.19. The molecule has 0 radical (unpaired) electrons. The summed E-state index contributed by atoms with van der Waals surface area (Å²) in [6.07, 6.45) is 1.02. The minimum absolute atomic E-state index is 0.0342. The number of likely N-dealkylation sites (N-methyl/N-ethyl adjacent to an activating group) is 1. The molecule has 0 amide bonds. The van der Waals surface area contributed by atoms with E-state index < -0.39 is 0 Å². The summed E-state index contributed by atoms with van der Waals surface area (Å²) >= 11 is 9.32. The van der Waals surface area contributed by atoms with Crippen LogP contribution >= 0.6 is 27.5 Å². The summed E-state index contributed by atoms with van der Waals surface area (Å²) in [5.41, 5.74) is 1.32. The van der Waals surface area contributed by atoms with Gasteiger partial charge in [0, 0.05) is 21.1 Å². The lowest BCUT2D eigenvalue weighted by atomic mass is 9.98. The molecule has 0 bridgehead atoms. The number of hydrogen-bond acceptors (Lipinski definition) is 1. The van der Waals surface area contributed by atoms with Crippen molar-refractivity contribution in [3.63, 3.8) is 0 Å². The van der Waals surface area contributed by atoms with E-state index in [1.54, 1.807) is 19.2 Å². The first-order valence-electron chi connectivity index (χ1n) is 6.54. The van der Waals surface area contributed by atoms with E-state index in [0.29, 0.717) is 27.9 Å². The largest absolute Gasteiger partial charge is 0.316 e. The molecular formula is C16H15BrClF2N. The van der Waals surface area contributed by atoms with Gasteiger partial charge in [0.15, 0.2) is 0 Å². The molecule has 0 heterocycles. The van der Waals surface area contributed by atoms with Crippen molar-refractivity contribution in [1.29, 1.82) is 0 Å². The van der Waals surface area contributed by atoms with Crippen molar-refractivity contribution < 1.29 is 8.78 Å². The van der Waals surface area contributed by atoms with Crippen LogP contribution in [-0.2, 0) is 12.8 Å². The van der Waals surface area contributed by atoms with Gasteiger partial charge in [0.25, 0.3) is 0 Å². The molecule has 0 aliphatic rings. The Morgan fingerprint density at radius 3 is 2.57 bits per heavy atom. The Labute approximate surface area is 136 Å². The molecule has 2 rings (SSSR count). The van der Waals surface area contributed by atoms with Crippen molar-refractivity contribution in [2.75, 3.05) is 7.05 Å². The van der Waals surface area contributed by atoms with Gasteiger partial charge >= 0.3 is 0 Å². The summed E-state index contributed by atoms with van der Waals surface area (Å²) in [6, 6.07) is 9.37. The van der Waals surface area contributed by atoms with Crippen LogP contribution in [0.4, 0.5) is 8.78 Å². The molecule has 0 aliphatic carbocycles. The van der Waals surface area contributed by atoms with E-state index in [9.17, 15) is 8.78 Å². The number of benzene rings is 2. The summed E-state index contributed by atoms with van der Waals surface area (Å²) in [5, 5.41) is 3.54. The van der Waals surface area contributed by atoms with Gasteiger partial charge in [-0.3, -0.25) is 0 Å². The third-order valence-corrected chi connectivity index (χ3v) is 4.14. The summed E-state index contributed by atoms with van der Waals surface area (Å²) in [4.78, 5) is 0. The van der Waals surface area contributed by atoms with Gasteiger partial charge in [0.05, 0.1) is 0 Å². The van der Waals surface area contributed by atoms with Crippen molar-refractivity contribution in [1.82, 2.24) is 5.32 Å². The van der Waals surface area contributed by atoms with Gasteiger partial charge in [-0.1, -0.05) is 33.6 Å². The van der Waals surface area contributed by atoms with E-state index in [2.05, 4.69) is 21.2 Å². The fourth-order valence-corrected chi connectivity index (χ4v) is 3.02. The highest BCUT2D eigenvalue weighted by molar-refractivity contribution is 9.10. The zero-order valence-electron chi connectivity index (χ0n) is 11.5. The number of halogens is 4. The lowest BCUT2D eigenvalue weighted by molar-refractivity contribution is 0.530. The second-order valence-electron chi connectivity index (χ2n) is 4.87. The molecule has 1 nitrogen and oxygen atoms in total. The average Bonchev–Trinajstić information content (AvgIpc) is 2.40. The van der Waals surface area contributed by atoms with Gasteiger partial charge in [-0.05, 0) is 55.8 Å². The molecule has 0 aliphatic heterocycles. The highest BCUT2D eigenvalue weighted by Gasteiger charge is 2.15. The summed E-state index contributed by atoms with van der Waals surface area (Å²) < 4.78 is 27.9. The number of nitrogens with one attached hydrogen (secondary N) is 1.